The quantitative estimate of drug-likeness (QED) is 0.242. The normalized spacial score (nSPS) is 11.0. The molecule has 34 heavy (non-hydrogen) atoms. The number of nitrogens with one attached hydrogen (secondary N) is 2. The molecule has 0 aliphatic heterocycles. The molecule has 0 radical (unpaired) electrons. The molecular formula is C20H14F4N6O2S2. The van der Waals surface area contributed by atoms with Crippen molar-refractivity contribution in [3.63, 3.8) is 0 Å². The Morgan fingerprint density at radius 1 is 1.09 bits per heavy atom. The van der Waals surface area contributed by atoms with Gasteiger partial charge in [0.1, 0.15) is 10.6 Å². The van der Waals surface area contributed by atoms with Crippen LogP contribution in [0.3, 0.4) is 0 Å². The third kappa shape index (κ3) is 3.94. The van der Waals surface area contributed by atoms with Crippen LogP contribution in [0.5, 0.6) is 5.75 Å². The second-order valence-corrected chi connectivity index (χ2v) is 8.26. The predicted octanol–water partition coefficient (Wildman–Crippen LogP) is 4.16. The first-order valence-electron chi connectivity index (χ1n) is 9.45. The van der Waals surface area contributed by atoms with Gasteiger partial charge >= 0.3 is 0 Å². The van der Waals surface area contributed by atoms with Gasteiger partial charge in [0.05, 0.1) is 7.11 Å². The van der Waals surface area contributed by atoms with Gasteiger partial charge in [-0.1, -0.05) is 23.5 Å². The van der Waals surface area contributed by atoms with Gasteiger partial charge in [-0.15, -0.1) is 10.2 Å². The van der Waals surface area contributed by atoms with Crippen LogP contribution in [-0.2, 0) is 0 Å². The SMILES string of the molecule is COc1c(F)c(F)c(C(=O)NC(=S)Nc2cccc(-c3nn4c(C)nnc4s3)c2C)c(F)c1F. The van der Waals surface area contributed by atoms with Crippen molar-refractivity contribution < 1.29 is 27.1 Å². The third-order valence-electron chi connectivity index (χ3n) is 4.84. The average molecular weight is 510 g/mol. The molecular weight excluding hydrogens is 496 g/mol. The molecule has 4 aromatic rings. The summed E-state index contributed by atoms with van der Waals surface area (Å²) in [5.41, 5.74) is 0.421. The van der Waals surface area contributed by atoms with E-state index in [0.29, 0.717) is 27.0 Å². The van der Waals surface area contributed by atoms with Crippen molar-refractivity contribution in [3.8, 4) is 16.3 Å². The monoisotopic (exact) mass is 510 g/mol. The fraction of sp³-hybridized carbons (Fsp3) is 0.150. The first kappa shape index (κ1) is 23.5. The Hall–Kier alpha value is -3.65. The van der Waals surface area contributed by atoms with Crippen LogP contribution in [0.25, 0.3) is 15.5 Å². The maximum Gasteiger partial charge on any atom is 0.263 e. The Balaban J connectivity index is 1.57. The molecule has 2 aromatic carbocycles. The summed E-state index contributed by atoms with van der Waals surface area (Å²) in [6, 6.07) is 5.17. The number of amides is 1. The van der Waals surface area contributed by atoms with Crippen LogP contribution < -0.4 is 15.4 Å². The molecule has 8 nitrogen and oxygen atoms in total. The lowest BCUT2D eigenvalue weighted by atomic mass is 10.1. The van der Waals surface area contributed by atoms with Gasteiger partial charge in [-0.2, -0.15) is 18.4 Å². The maximum atomic E-state index is 14.2. The highest BCUT2D eigenvalue weighted by Gasteiger charge is 2.30. The molecule has 0 saturated heterocycles. The van der Waals surface area contributed by atoms with Crippen LogP contribution in [-0.4, -0.2) is 37.9 Å². The highest BCUT2D eigenvalue weighted by atomic mass is 32.1. The molecule has 0 saturated carbocycles. The molecule has 4 rings (SSSR count). The van der Waals surface area contributed by atoms with Gasteiger partial charge in [0.25, 0.3) is 5.91 Å². The molecule has 1 amide bonds. The van der Waals surface area contributed by atoms with E-state index < -0.39 is 40.5 Å². The number of carbonyl (C=O) groups is 1. The summed E-state index contributed by atoms with van der Waals surface area (Å²) in [4.78, 5) is 13.0. The van der Waals surface area contributed by atoms with Crippen LogP contribution in [0.1, 0.15) is 21.7 Å². The third-order valence-corrected chi connectivity index (χ3v) is 5.98. The number of ether oxygens (including phenoxy) is 1. The number of halogens is 4. The van der Waals surface area contributed by atoms with E-state index in [1.165, 1.54) is 11.3 Å². The number of methoxy groups -OCH3 is 1. The van der Waals surface area contributed by atoms with Gasteiger partial charge in [-0.05, 0) is 37.7 Å². The van der Waals surface area contributed by atoms with Gasteiger partial charge in [0.2, 0.25) is 16.6 Å². The minimum atomic E-state index is -1.91. The smallest absolute Gasteiger partial charge is 0.263 e. The van der Waals surface area contributed by atoms with Crippen molar-refractivity contribution in [3.05, 3.63) is 58.4 Å². The molecule has 2 aromatic heterocycles. The number of benzene rings is 2. The van der Waals surface area contributed by atoms with Crippen LogP contribution in [0.4, 0.5) is 23.2 Å². The van der Waals surface area contributed by atoms with E-state index in [1.54, 1.807) is 30.5 Å². The van der Waals surface area contributed by atoms with Gasteiger partial charge in [-0.3, -0.25) is 10.1 Å². The van der Waals surface area contributed by atoms with Crippen molar-refractivity contribution in [1.29, 1.82) is 0 Å². The zero-order chi connectivity index (χ0) is 24.7. The number of aromatic nitrogens is 4. The summed E-state index contributed by atoms with van der Waals surface area (Å²) in [5, 5.41) is 17.5. The fourth-order valence-electron chi connectivity index (χ4n) is 3.14. The molecule has 176 valence electrons. The Morgan fingerprint density at radius 2 is 1.76 bits per heavy atom. The Bertz CT molecular complexity index is 1440. The zero-order valence-corrected chi connectivity index (χ0v) is 19.3. The molecule has 0 fully saturated rings. The van der Waals surface area contributed by atoms with E-state index >= 15 is 0 Å². The van der Waals surface area contributed by atoms with Crippen LogP contribution in [0, 0.1) is 37.1 Å². The number of aryl methyl sites for hydroxylation is 1. The van der Waals surface area contributed by atoms with E-state index in [9.17, 15) is 22.4 Å². The summed E-state index contributed by atoms with van der Waals surface area (Å²) in [5.74, 6) is -9.63. The standard InChI is InChI=1S/C20H14F4N6O2S2/c1-7-9(18-29-30-8(2)27-28-20(30)34-18)5-4-6-10(7)25-19(33)26-17(31)11-12(21)14(23)16(32-3)15(24)13(11)22/h4-6H,1-3H3,(H2,25,26,31,33). The van der Waals surface area contributed by atoms with E-state index in [4.69, 9.17) is 12.2 Å². The molecule has 2 N–H and O–H groups in total. The lowest BCUT2D eigenvalue weighted by Gasteiger charge is -2.15. The first-order chi connectivity index (χ1) is 16.1. The van der Waals surface area contributed by atoms with E-state index in [0.717, 1.165) is 12.7 Å². The largest absolute Gasteiger partial charge is 0.491 e. The zero-order valence-electron chi connectivity index (χ0n) is 17.7. The fourth-order valence-corrected chi connectivity index (χ4v) is 4.31. The van der Waals surface area contributed by atoms with E-state index in [2.05, 4.69) is 25.3 Å². The summed E-state index contributed by atoms with van der Waals surface area (Å²) in [7, 11) is 0.831. The minimum Gasteiger partial charge on any atom is -0.491 e. The minimum absolute atomic E-state index is 0.352. The number of anilines is 1. The average Bonchev–Trinajstić information content (AvgIpc) is 3.36. The summed E-state index contributed by atoms with van der Waals surface area (Å²) in [6.07, 6.45) is 0. The van der Waals surface area contributed by atoms with Crippen LogP contribution >= 0.6 is 23.6 Å². The molecule has 14 heteroatoms. The van der Waals surface area contributed by atoms with Crippen molar-refractivity contribution in [1.82, 2.24) is 25.1 Å². The number of nitrogens with zero attached hydrogens (tertiary/aromatic N) is 4. The van der Waals surface area contributed by atoms with Crippen molar-refractivity contribution >= 4 is 45.2 Å². The predicted molar refractivity (Wildman–Crippen MR) is 120 cm³/mol. The molecule has 0 unspecified atom stereocenters. The van der Waals surface area contributed by atoms with E-state index in [1.807, 2.05) is 11.4 Å². The van der Waals surface area contributed by atoms with Gasteiger partial charge in [-0.25, -0.2) is 8.78 Å². The number of hydrogen-bond donors (Lipinski definition) is 2. The number of fused-ring (bicyclic) bond motifs is 1. The molecule has 0 atom stereocenters. The molecule has 0 aliphatic rings. The summed E-state index contributed by atoms with van der Waals surface area (Å²) < 4.78 is 62.2. The Morgan fingerprint density at radius 3 is 2.38 bits per heavy atom. The van der Waals surface area contributed by atoms with Crippen molar-refractivity contribution in [2.75, 3.05) is 12.4 Å². The second-order valence-electron chi connectivity index (χ2n) is 6.90. The molecule has 0 spiro atoms. The van der Waals surface area contributed by atoms with Crippen molar-refractivity contribution in [2.45, 2.75) is 13.8 Å². The van der Waals surface area contributed by atoms with Crippen molar-refractivity contribution in [2.24, 2.45) is 0 Å². The first-order valence-corrected chi connectivity index (χ1v) is 10.7. The van der Waals surface area contributed by atoms with Gasteiger partial charge in [0, 0.05) is 11.3 Å². The Kier molecular flexibility index (Phi) is 6.18. The topological polar surface area (TPSA) is 93.4 Å². The number of hydrogen-bond acceptors (Lipinski definition) is 7. The van der Waals surface area contributed by atoms with Gasteiger partial charge in [0.15, 0.2) is 28.3 Å². The lowest BCUT2D eigenvalue weighted by Crippen LogP contribution is -2.35. The highest BCUT2D eigenvalue weighted by Crippen LogP contribution is 2.32. The maximum absolute atomic E-state index is 14.2. The highest BCUT2D eigenvalue weighted by molar-refractivity contribution is 7.80. The lowest BCUT2D eigenvalue weighted by molar-refractivity contribution is 0.0966. The van der Waals surface area contributed by atoms with E-state index in [-0.39, 0.29) is 5.11 Å². The van der Waals surface area contributed by atoms with Crippen LogP contribution in [0.15, 0.2) is 18.2 Å². The summed E-state index contributed by atoms with van der Waals surface area (Å²) in [6.45, 7) is 3.53. The number of rotatable bonds is 4. The molecule has 0 bridgehead atoms. The van der Waals surface area contributed by atoms with Gasteiger partial charge < -0.3 is 10.1 Å². The second kappa shape index (κ2) is 8.95. The number of thiocarbonyl (C=S) groups is 1. The van der Waals surface area contributed by atoms with Crippen LogP contribution in [0.2, 0.25) is 0 Å². The Labute approximate surface area is 198 Å². The summed E-state index contributed by atoms with van der Waals surface area (Å²) >= 11 is 6.37. The number of carbonyl (C=O) groups excluding carboxylic acids is 1. The molecule has 2 heterocycles. The molecule has 0 aliphatic carbocycles.